The highest BCUT2D eigenvalue weighted by atomic mass is 35.5. The highest BCUT2D eigenvalue weighted by molar-refractivity contribution is 7.92. The number of methoxy groups -OCH3 is 1. The SMILES string of the molecule is COC(=O)c1cc(NS(=O)(=O)CC=CCCCCCl)c(C)c([N+](=O)[O-])c1. The van der Waals surface area contributed by atoms with Crippen molar-refractivity contribution in [2.75, 3.05) is 23.5 Å². The summed E-state index contributed by atoms with van der Waals surface area (Å²) in [4.78, 5) is 22.1. The van der Waals surface area contributed by atoms with Crippen LogP contribution in [-0.4, -0.2) is 38.1 Å². The van der Waals surface area contributed by atoms with Crippen molar-refractivity contribution in [2.24, 2.45) is 0 Å². The van der Waals surface area contributed by atoms with Crippen LogP contribution in [0.3, 0.4) is 0 Å². The van der Waals surface area contributed by atoms with Gasteiger partial charge in [0.2, 0.25) is 10.0 Å². The fraction of sp³-hybridized carbons (Fsp3) is 0.438. The maximum absolute atomic E-state index is 12.2. The van der Waals surface area contributed by atoms with Crippen LogP contribution in [0.4, 0.5) is 11.4 Å². The molecule has 8 nitrogen and oxygen atoms in total. The lowest BCUT2D eigenvalue weighted by Crippen LogP contribution is -2.17. The monoisotopic (exact) mass is 404 g/mol. The Morgan fingerprint density at radius 3 is 2.62 bits per heavy atom. The number of carbonyl (C=O) groups is 1. The molecule has 0 saturated carbocycles. The van der Waals surface area contributed by atoms with E-state index in [2.05, 4.69) is 9.46 Å². The summed E-state index contributed by atoms with van der Waals surface area (Å²) in [6.45, 7) is 1.40. The van der Waals surface area contributed by atoms with Crippen LogP contribution >= 0.6 is 11.6 Å². The number of carbonyl (C=O) groups excluding carboxylic acids is 1. The van der Waals surface area contributed by atoms with E-state index in [1.165, 1.54) is 19.1 Å². The Morgan fingerprint density at radius 2 is 2.04 bits per heavy atom. The molecular weight excluding hydrogens is 384 g/mol. The maximum atomic E-state index is 12.2. The molecule has 0 atom stereocenters. The van der Waals surface area contributed by atoms with Crippen molar-refractivity contribution in [1.82, 2.24) is 0 Å². The van der Waals surface area contributed by atoms with Crippen LogP contribution in [0, 0.1) is 17.0 Å². The van der Waals surface area contributed by atoms with Gasteiger partial charge in [0.1, 0.15) is 0 Å². The number of rotatable bonds is 10. The van der Waals surface area contributed by atoms with Crippen LogP contribution in [0.15, 0.2) is 24.3 Å². The molecule has 0 bridgehead atoms. The number of alkyl halides is 1. The zero-order chi connectivity index (χ0) is 19.7. The molecule has 0 fully saturated rings. The fourth-order valence-corrected chi connectivity index (χ4v) is 3.32. The van der Waals surface area contributed by atoms with Crippen molar-refractivity contribution < 1.29 is 22.9 Å². The van der Waals surface area contributed by atoms with E-state index in [4.69, 9.17) is 11.6 Å². The van der Waals surface area contributed by atoms with Gasteiger partial charge in [-0.15, -0.1) is 11.6 Å². The van der Waals surface area contributed by atoms with E-state index in [0.717, 1.165) is 26.0 Å². The molecule has 144 valence electrons. The number of allylic oxidation sites excluding steroid dienone is 1. The maximum Gasteiger partial charge on any atom is 0.338 e. The number of esters is 1. The van der Waals surface area contributed by atoms with E-state index in [0.29, 0.717) is 12.3 Å². The molecule has 0 aliphatic carbocycles. The summed E-state index contributed by atoms with van der Waals surface area (Å²) < 4.78 is 31.2. The molecule has 0 heterocycles. The van der Waals surface area contributed by atoms with Gasteiger partial charge in [-0.2, -0.15) is 0 Å². The molecule has 0 radical (unpaired) electrons. The number of anilines is 1. The first-order valence-electron chi connectivity index (χ1n) is 7.80. The smallest absolute Gasteiger partial charge is 0.338 e. The molecule has 1 aromatic carbocycles. The number of unbranched alkanes of at least 4 members (excludes halogenated alkanes) is 2. The lowest BCUT2D eigenvalue weighted by Gasteiger charge is -2.11. The first-order valence-corrected chi connectivity index (χ1v) is 9.99. The molecule has 0 spiro atoms. The molecule has 0 aliphatic heterocycles. The van der Waals surface area contributed by atoms with Gasteiger partial charge in [-0.1, -0.05) is 12.2 Å². The van der Waals surface area contributed by atoms with Crippen LogP contribution in [0.2, 0.25) is 0 Å². The Morgan fingerprint density at radius 1 is 1.35 bits per heavy atom. The largest absolute Gasteiger partial charge is 0.465 e. The van der Waals surface area contributed by atoms with Crippen molar-refractivity contribution in [2.45, 2.75) is 26.2 Å². The number of nitro benzene ring substituents is 1. The van der Waals surface area contributed by atoms with Gasteiger partial charge in [0.15, 0.2) is 0 Å². The summed E-state index contributed by atoms with van der Waals surface area (Å²) in [5.74, 6) is -0.529. The van der Waals surface area contributed by atoms with Gasteiger partial charge in [-0.3, -0.25) is 14.8 Å². The Bertz CT molecular complexity index is 792. The van der Waals surface area contributed by atoms with E-state index in [9.17, 15) is 23.3 Å². The number of sulfonamides is 1. The summed E-state index contributed by atoms with van der Waals surface area (Å²) in [6.07, 6.45) is 5.67. The lowest BCUT2D eigenvalue weighted by molar-refractivity contribution is -0.385. The van der Waals surface area contributed by atoms with Crippen molar-refractivity contribution in [3.05, 3.63) is 45.5 Å². The molecular formula is C16H21ClN2O6S. The number of nitro groups is 1. The minimum atomic E-state index is -3.78. The van der Waals surface area contributed by atoms with Crippen molar-refractivity contribution in [3.8, 4) is 0 Å². The Balaban J connectivity index is 3.01. The van der Waals surface area contributed by atoms with E-state index >= 15 is 0 Å². The molecule has 0 aromatic heterocycles. The third kappa shape index (κ3) is 6.64. The first-order chi connectivity index (χ1) is 12.2. The van der Waals surface area contributed by atoms with Gasteiger partial charge >= 0.3 is 5.97 Å². The van der Waals surface area contributed by atoms with Gasteiger partial charge in [0.25, 0.3) is 5.69 Å². The highest BCUT2D eigenvalue weighted by Crippen LogP contribution is 2.29. The van der Waals surface area contributed by atoms with Crippen LogP contribution in [0.1, 0.15) is 35.2 Å². The summed E-state index contributed by atoms with van der Waals surface area (Å²) in [5, 5.41) is 11.2. The molecule has 0 amide bonds. The van der Waals surface area contributed by atoms with Crippen LogP contribution in [0.25, 0.3) is 0 Å². The van der Waals surface area contributed by atoms with Gasteiger partial charge in [-0.05, 0) is 32.3 Å². The quantitative estimate of drug-likeness (QED) is 0.159. The van der Waals surface area contributed by atoms with E-state index < -0.39 is 20.9 Å². The average Bonchev–Trinajstić information content (AvgIpc) is 2.58. The second-order valence-electron chi connectivity index (χ2n) is 5.46. The Labute approximate surface area is 157 Å². The van der Waals surface area contributed by atoms with Crippen molar-refractivity contribution in [3.63, 3.8) is 0 Å². The molecule has 1 aromatic rings. The minimum absolute atomic E-state index is 0.0323. The van der Waals surface area contributed by atoms with Crippen LogP contribution < -0.4 is 4.72 Å². The zero-order valence-corrected chi connectivity index (χ0v) is 16.1. The van der Waals surface area contributed by atoms with E-state index in [1.54, 1.807) is 6.08 Å². The summed E-state index contributed by atoms with van der Waals surface area (Å²) >= 11 is 5.56. The molecule has 0 unspecified atom stereocenters. The van der Waals surface area contributed by atoms with Crippen molar-refractivity contribution >= 4 is 39.0 Å². The zero-order valence-electron chi connectivity index (χ0n) is 14.5. The molecule has 26 heavy (non-hydrogen) atoms. The molecule has 1 N–H and O–H groups in total. The molecule has 0 saturated heterocycles. The summed E-state index contributed by atoms with van der Waals surface area (Å²) in [5.41, 5.74) is -0.409. The molecule has 0 aliphatic rings. The highest BCUT2D eigenvalue weighted by Gasteiger charge is 2.22. The number of nitrogens with zero attached hydrogens (tertiary/aromatic N) is 1. The Kier molecular flexibility index (Phi) is 8.53. The second-order valence-corrected chi connectivity index (χ2v) is 7.60. The number of halogens is 1. The number of nitrogens with one attached hydrogen (secondary N) is 1. The van der Waals surface area contributed by atoms with Gasteiger partial charge < -0.3 is 4.74 Å². The number of ether oxygens (including phenoxy) is 1. The van der Waals surface area contributed by atoms with Gasteiger partial charge in [0, 0.05) is 11.9 Å². The van der Waals surface area contributed by atoms with Crippen LogP contribution in [0.5, 0.6) is 0 Å². The van der Waals surface area contributed by atoms with E-state index in [-0.39, 0.29) is 28.3 Å². The number of hydrogen-bond acceptors (Lipinski definition) is 6. The van der Waals surface area contributed by atoms with Crippen LogP contribution in [-0.2, 0) is 14.8 Å². The fourth-order valence-electron chi connectivity index (χ4n) is 2.11. The Hall–Kier alpha value is -2.13. The number of benzene rings is 1. The topological polar surface area (TPSA) is 116 Å². The predicted octanol–water partition coefficient (Wildman–Crippen LogP) is 3.40. The normalized spacial score (nSPS) is 11.5. The first kappa shape index (κ1) is 21.9. The predicted molar refractivity (Wildman–Crippen MR) is 100 cm³/mol. The second kappa shape index (κ2) is 10.1. The summed E-state index contributed by atoms with van der Waals surface area (Å²) in [7, 11) is -2.65. The molecule has 1 rings (SSSR count). The standard InChI is InChI=1S/C16H21ClN2O6S/c1-12-14(10-13(16(20)25-2)11-15(12)19(21)22)18-26(23,24)9-7-5-3-4-6-8-17/h5,7,10-11,18H,3-4,6,8-9H2,1-2H3. The lowest BCUT2D eigenvalue weighted by atomic mass is 10.1. The third-order valence-corrected chi connectivity index (χ3v) is 4.93. The van der Waals surface area contributed by atoms with E-state index in [1.807, 2.05) is 0 Å². The summed E-state index contributed by atoms with van der Waals surface area (Å²) in [6, 6.07) is 2.27. The number of hydrogen-bond donors (Lipinski definition) is 1. The van der Waals surface area contributed by atoms with Gasteiger partial charge in [0.05, 0.1) is 34.6 Å². The molecule has 10 heteroatoms. The third-order valence-electron chi connectivity index (χ3n) is 3.50. The average molecular weight is 405 g/mol. The van der Waals surface area contributed by atoms with Gasteiger partial charge in [-0.25, -0.2) is 13.2 Å². The minimum Gasteiger partial charge on any atom is -0.465 e. The van der Waals surface area contributed by atoms with Crippen molar-refractivity contribution in [1.29, 1.82) is 0 Å².